The zero-order valence-corrected chi connectivity index (χ0v) is 18.4. The highest BCUT2D eigenvalue weighted by Gasteiger charge is 2.57. The summed E-state index contributed by atoms with van der Waals surface area (Å²) in [5.41, 5.74) is -0.363. The Hall–Kier alpha value is -1.42. The summed E-state index contributed by atoms with van der Waals surface area (Å²) >= 11 is 7.48. The summed E-state index contributed by atoms with van der Waals surface area (Å²) in [5, 5.41) is 20.3. The minimum atomic E-state index is -3.80. The van der Waals surface area contributed by atoms with Crippen molar-refractivity contribution in [3.63, 3.8) is 0 Å². The number of nitrogens with zero attached hydrogens (tertiary/aromatic N) is 2. The van der Waals surface area contributed by atoms with E-state index in [4.69, 9.17) is 17.0 Å². The van der Waals surface area contributed by atoms with Gasteiger partial charge in [0, 0.05) is 25.7 Å². The van der Waals surface area contributed by atoms with Crippen molar-refractivity contribution in [2.24, 2.45) is 0 Å². The minimum Gasteiger partial charge on any atom is -0.366 e. The van der Waals surface area contributed by atoms with E-state index < -0.39 is 15.7 Å². The second-order valence-corrected chi connectivity index (χ2v) is 11.1. The van der Waals surface area contributed by atoms with Crippen molar-refractivity contribution in [2.75, 3.05) is 14.1 Å². The van der Waals surface area contributed by atoms with Crippen LogP contribution in [0.15, 0.2) is 53.4 Å². The normalized spacial score (nSPS) is 25.7. The lowest BCUT2D eigenvalue weighted by molar-refractivity contribution is -0.0611. The number of hydrogen-bond acceptors (Lipinski definition) is 6. The molecule has 1 aliphatic heterocycles. The van der Waals surface area contributed by atoms with E-state index in [2.05, 4.69) is 0 Å². The van der Waals surface area contributed by atoms with E-state index in [9.17, 15) is 13.5 Å². The van der Waals surface area contributed by atoms with Gasteiger partial charge in [0.05, 0.1) is 10.4 Å². The molecule has 9 heteroatoms. The lowest BCUT2D eigenvalue weighted by Crippen LogP contribution is -2.47. The molecule has 6 nitrogen and oxygen atoms in total. The van der Waals surface area contributed by atoms with E-state index in [0.29, 0.717) is 5.56 Å². The minimum absolute atomic E-state index is 0.0770. The predicted octanol–water partition coefficient (Wildman–Crippen LogP) is 3.62. The molecule has 2 aromatic carbocycles. The third-order valence-electron chi connectivity index (χ3n) is 5.29. The SMILES string of the molecule is CN(C)S(=O)(=O)c1cc(C2(O)C(=N)SC(c3ccccc3)N2C2CC2)ccc1Cl. The quantitative estimate of drug-likeness (QED) is 0.725. The number of aliphatic hydroxyl groups is 1. The highest BCUT2D eigenvalue weighted by Crippen LogP contribution is 2.56. The van der Waals surface area contributed by atoms with Gasteiger partial charge >= 0.3 is 0 Å². The molecular weight excluding hydrogens is 430 g/mol. The Morgan fingerprint density at radius 3 is 2.45 bits per heavy atom. The Labute approximate surface area is 180 Å². The molecule has 2 aliphatic rings. The van der Waals surface area contributed by atoms with E-state index >= 15 is 0 Å². The Morgan fingerprint density at radius 2 is 1.86 bits per heavy atom. The van der Waals surface area contributed by atoms with Gasteiger partial charge in [-0.15, -0.1) is 0 Å². The molecule has 1 heterocycles. The van der Waals surface area contributed by atoms with Crippen LogP contribution in [0, 0.1) is 5.41 Å². The molecule has 2 unspecified atom stereocenters. The van der Waals surface area contributed by atoms with E-state index in [0.717, 1.165) is 22.7 Å². The number of hydrogen-bond donors (Lipinski definition) is 2. The molecule has 1 saturated heterocycles. The van der Waals surface area contributed by atoms with Crippen LogP contribution in [0.4, 0.5) is 0 Å². The predicted molar refractivity (Wildman–Crippen MR) is 116 cm³/mol. The van der Waals surface area contributed by atoms with Crippen molar-refractivity contribution in [3.05, 3.63) is 64.7 Å². The lowest BCUT2D eigenvalue weighted by Gasteiger charge is -2.36. The summed E-state index contributed by atoms with van der Waals surface area (Å²) < 4.78 is 26.5. The van der Waals surface area contributed by atoms with Crippen LogP contribution in [0.5, 0.6) is 0 Å². The smallest absolute Gasteiger partial charge is 0.244 e. The largest absolute Gasteiger partial charge is 0.366 e. The van der Waals surface area contributed by atoms with Crippen molar-refractivity contribution in [1.29, 1.82) is 5.41 Å². The van der Waals surface area contributed by atoms with Crippen molar-refractivity contribution >= 4 is 38.4 Å². The average Bonchev–Trinajstić information content (AvgIpc) is 3.48. The van der Waals surface area contributed by atoms with Gasteiger partial charge < -0.3 is 5.11 Å². The molecule has 2 aromatic rings. The molecule has 0 bridgehead atoms. The average molecular weight is 452 g/mol. The number of benzene rings is 2. The summed E-state index contributed by atoms with van der Waals surface area (Å²) in [6.45, 7) is 0. The Kier molecular flexibility index (Phi) is 5.30. The molecule has 0 amide bonds. The zero-order chi connectivity index (χ0) is 21.0. The molecule has 0 spiro atoms. The van der Waals surface area contributed by atoms with Crippen molar-refractivity contribution in [3.8, 4) is 0 Å². The first-order valence-electron chi connectivity index (χ1n) is 9.21. The number of halogens is 1. The van der Waals surface area contributed by atoms with E-state index in [1.54, 1.807) is 6.07 Å². The van der Waals surface area contributed by atoms with Crippen molar-refractivity contribution in [2.45, 2.75) is 34.9 Å². The highest BCUT2D eigenvalue weighted by atomic mass is 35.5. The Morgan fingerprint density at radius 1 is 1.21 bits per heavy atom. The first kappa shape index (κ1) is 20.8. The van der Waals surface area contributed by atoms with Gasteiger partial charge in [0.1, 0.15) is 9.94 Å². The van der Waals surface area contributed by atoms with Crippen LogP contribution in [-0.2, 0) is 15.7 Å². The molecule has 2 atom stereocenters. The van der Waals surface area contributed by atoms with Crippen LogP contribution in [0.25, 0.3) is 0 Å². The maximum atomic E-state index is 12.7. The van der Waals surface area contributed by atoms with Crippen LogP contribution >= 0.6 is 23.4 Å². The Balaban J connectivity index is 1.84. The number of thioether (sulfide) groups is 1. The molecule has 4 rings (SSSR count). The fourth-order valence-corrected chi connectivity index (χ4v) is 6.32. The van der Waals surface area contributed by atoms with Gasteiger partial charge in [0.2, 0.25) is 10.0 Å². The molecule has 0 radical (unpaired) electrons. The van der Waals surface area contributed by atoms with E-state index in [1.165, 1.54) is 38.0 Å². The summed E-state index contributed by atoms with van der Waals surface area (Å²) in [4.78, 5) is 1.86. The molecule has 1 saturated carbocycles. The lowest BCUT2D eigenvalue weighted by atomic mass is 10.0. The summed E-state index contributed by atoms with van der Waals surface area (Å²) in [6, 6.07) is 14.4. The van der Waals surface area contributed by atoms with Crippen LogP contribution in [0.3, 0.4) is 0 Å². The standard InChI is InChI=1S/C20H22ClN3O3S2/c1-23(2)29(26,27)17-12-14(8-11-16(17)21)20(25)19(22)28-18(24(20)15-9-10-15)13-6-4-3-5-7-13/h3-8,11-12,15,18,22,25H,9-10H2,1-2H3. The fourth-order valence-electron chi connectivity index (χ4n) is 3.59. The third-order valence-corrected chi connectivity index (χ3v) is 8.83. The second-order valence-electron chi connectivity index (χ2n) is 7.45. The van der Waals surface area contributed by atoms with Gasteiger partial charge in [-0.1, -0.05) is 59.8 Å². The molecule has 2 fully saturated rings. The first-order valence-corrected chi connectivity index (χ1v) is 11.9. The number of sulfonamides is 1. The van der Waals surface area contributed by atoms with Crippen LogP contribution in [-0.4, -0.2) is 47.9 Å². The summed E-state index contributed by atoms with van der Waals surface area (Å²) in [5.74, 6) is 0. The maximum absolute atomic E-state index is 12.7. The monoisotopic (exact) mass is 451 g/mol. The van der Waals surface area contributed by atoms with Gasteiger partial charge in [0.15, 0.2) is 5.72 Å². The van der Waals surface area contributed by atoms with Crippen molar-refractivity contribution < 1.29 is 13.5 Å². The molecule has 0 aromatic heterocycles. The topological polar surface area (TPSA) is 84.7 Å². The van der Waals surface area contributed by atoms with E-state index in [1.807, 2.05) is 35.2 Å². The van der Waals surface area contributed by atoms with Crippen molar-refractivity contribution in [1.82, 2.24) is 9.21 Å². The van der Waals surface area contributed by atoms with Gasteiger partial charge in [-0.05, 0) is 30.5 Å². The number of rotatable bonds is 5. The van der Waals surface area contributed by atoms with Gasteiger partial charge in [-0.3, -0.25) is 5.41 Å². The second kappa shape index (κ2) is 7.37. The van der Waals surface area contributed by atoms with Crippen LogP contribution in [0.2, 0.25) is 5.02 Å². The molecule has 2 N–H and O–H groups in total. The molecular formula is C20H22ClN3O3S2. The maximum Gasteiger partial charge on any atom is 0.244 e. The Bertz CT molecular complexity index is 1060. The fraction of sp³-hybridized carbons (Fsp3) is 0.350. The highest BCUT2D eigenvalue weighted by molar-refractivity contribution is 8.14. The van der Waals surface area contributed by atoms with Gasteiger partial charge in [0.25, 0.3) is 0 Å². The van der Waals surface area contributed by atoms with Gasteiger partial charge in [-0.25, -0.2) is 17.6 Å². The number of nitrogens with one attached hydrogen (secondary N) is 1. The summed E-state index contributed by atoms with van der Waals surface area (Å²) in [7, 11) is -0.931. The van der Waals surface area contributed by atoms with Crippen LogP contribution in [0.1, 0.15) is 29.3 Å². The first-order chi connectivity index (χ1) is 13.7. The third kappa shape index (κ3) is 3.41. The summed E-state index contributed by atoms with van der Waals surface area (Å²) in [6.07, 6.45) is 1.85. The molecule has 1 aliphatic carbocycles. The zero-order valence-electron chi connectivity index (χ0n) is 16.0. The van der Waals surface area contributed by atoms with E-state index in [-0.39, 0.29) is 26.4 Å². The molecule has 154 valence electrons. The molecule has 29 heavy (non-hydrogen) atoms. The van der Waals surface area contributed by atoms with Gasteiger partial charge in [-0.2, -0.15) is 0 Å². The van der Waals surface area contributed by atoms with Crippen LogP contribution < -0.4 is 0 Å².